The van der Waals surface area contributed by atoms with Gasteiger partial charge >= 0.3 is 7.48 Å². The number of fused-ring (bicyclic) bond motifs is 10. The maximum Gasteiger partial charge on any atom is 0.332 e. The minimum absolute atomic E-state index is 0.785. The molecular formula is C34H28BO2S. The van der Waals surface area contributed by atoms with Crippen LogP contribution in [-0.2, 0) is 4.65 Å². The van der Waals surface area contributed by atoms with Crippen molar-refractivity contribution in [2.75, 3.05) is 0 Å². The Morgan fingerprint density at radius 2 is 1.16 bits per heavy atom. The van der Waals surface area contributed by atoms with Gasteiger partial charge in [-0.05, 0) is 99.8 Å². The maximum atomic E-state index is 10.9. The molecule has 1 heterocycles. The Bertz CT molecular complexity index is 2050. The largest absolute Gasteiger partial charge is 0.427 e. The molecule has 2 nitrogen and oxygen atoms in total. The lowest BCUT2D eigenvalue weighted by molar-refractivity contribution is -0.0892. The van der Waals surface area contributed by atoms with Crippen molar-refractivity contribution in [3.05, 3.63) is 91.0 Å². The molecule has 0 spiro atoms. The van der Waals surface area contributed by atoms with E-state index in [2.05, 4.69) is 91.0 Å². The van der Waals surface area contributed by atoms with Crippen molar-refractivity contribution in [2.24, 2.45) is 0 Å². The van der Waals surface area contributed by atoms with Crippen LogP contribution in [0, 0.1) is 0 Å². The summed E-state index contributed by atoms with van der Waals surface area (Å²) >= 11 is 1.83. The van der Waals surface area contributed by atoms with Crippen LogP contribution in [0.2, 0.25) is 0 Å². The van der Waals surface area contributed by atoms with Crippen molar-refractivity contribution >= 4 is 87.5 Å². The Hall–Kier alpha value is -3.44. The van der Waals surface area contributed by atoms with Gasteiger partial charge in [-0.25, -0.2) is 0 Å². The number of thiophene rings is 1. The minimum atomic E-state index is -1.02. The first-order valence-corrected chi connectivity index (χ1v) is 13.9. The maximum absolute atomic E-state index is 10.9. The fourth-order valence-electron chi connectivity index (χ4n) is 5.51. The molecule has 0 bridgehead atoms. The first kappa shape index (κ1) is 23.7. The van der Waals surface area contributed by atoms with Gasteiger partial charge < -0.3 is 9.76 Å². The van der Waals surface area contributed by atoms with Crippen molar-refractivity contribution < 1.29 is 9.76 Å². The van der Waals surface area contributed by atoms with Gasteiger partial charge in [0.25, 0.3) is 0 Å². The van der Waals surface area contributed by atoms with Crippen LogP contribution in [0.3, 0.4) is 0 Å². The standard InChI is InChI=1S/C34H28BO2S/c1-33(2,36)34(3,4)37-35-32-30-25-16-10-9-14-23(25)22-13-7-8-15-24(22)26(30)19-29-31(32)27-17-20-11-5-6-12-21(20)18-28(27)38-29/h5-19,36H,1-4H3. The van der Waals surface area contributed by atoms with Crippen LogP contribution in [0.1, 0.15) is 27.7 Å². The van der Waals surface area contributed by atoms with E-state index in [4.69, 9.17) is 4.65 Å². The Labute approximate surface area is 226 Å². The smallest absolute Gasteiger partial charge is 0.332 e. The van der Waals surface area contributed by atoms with E-state index in [0.29, 0.717) is 0 Å². The number of hydrogen-bond acceptors (Lipinski definition) is 3. The van der Waals surface area contributed by atoms with E-state index in [9.17, 15) is 5.11 Å². The van der Waals surface area contributed by atoms with Gasteiger partial charge in [0.2, 0.25) is 0 Å². The number of aliphatic hydroxyl groups is 1. The highest BCUT2D eigenvalue weighted by Gasteiger charge is 2.36. The normalized spacial score (nSPS) is 13.0. The number of benzene rings is 6. The molecule has 0 saturated heterocycles. The van der Waals surface area contributed by atoms with Crippen LogP contribution in [0.4, 0.5) is 0 Å². The van der Waals surface area contributed by atoms with Crippen LogP contribution in [0.5, 0.6) is 0 Å². The van der Waals surface area contributed by atoms with E-state index in [1.54, 1.807) is 13.8 Å². The highest BCUT2D eigenvalue weighted by molar-refractivity contribution is 7.26. The minimum Gasteiger partial charge on any atom is -0.427 e. The Kier molecular flexibility index (Phi) is 5.16. The molecule has 6 aromatic carbocycles. The van der Waals surface area contributed by atoms with Crippen LogP contribution in [0.15, 0.2) is 91.0 Å². The summed E-state index contributed by atoms with van der Waals surface area (Å²) in [6, 6.07) is 32.9. The summed E-state index contributed by atoms with van der Waals surface area (Å²) in [6.45, 7) is 7.49. The Morgan fingerprint density at radius 1 is 0.605 bits per heavy atom. The summed E-state index contributed by atoms with van der Waals surface area (Å²) in [5.41, 5.74) is -0.736. The fourth-order valence-corrected chi connectivity index (χ4v) is 6.71. The van der Waals surface area contributed by atoms with Gasteiger partial charge in [-0.15, -0.1) is 11.3 Å². The van der Waals surface area contributed by atoms with Crippen molar-refractivity contribution in [3.63, 3.8) is 0 Å². The SMILES string of the molecule is CC(C)(O)C(C)(C)O[B]c1c2c(cc3c4ccccc4c4ccccc4c13)sc1cc3ccccc3cc12. The molecule has 1 radical (unpaired) electrons. The summed E-state index contributed by atoms with van der Waals surface area (Å²) in [6.07, 6.45) is 0. The van der Waals surface area contributed by atoms with E-state index in [1.165, 1.54) is 63.3 Å². The third kappa shape index (κ3) is 3.48. The molecule has 0 unspecified atom stereocenters. The predicted octanol–water partition coefficient (Wildman–Crippen LogP) is 8.48. The highest BCUT2D eigenvalue weighted by atomic mass is 32.1. The molecule has 0 saturated carbocycles. The zero-order chi connectivity index (χ0) is 26.2. The molecule has 0 aliphatic rings. The first-order chi connectivity index (χ1) is 18.2. The van der Waals surface area contributed by atoms with Crippen LogP contribution >= 0.6 is 11.3 Å². The van der Waals surface area contributed by atoms with Gasteiger partial charge in [-0.2, -0.15) is 0 Å². The van der Waals surface area contributed by atoms with E-state index >= 15 is 0 Å². The third-order valence-corrected chi connectivity index (χ3v) is 9.42. The fraction of sp³-hybridized carbons (Fsp3) is 0.176. The van der Waals surface area contributed by atoms with Crippen molar-refractivity contribution in [1.82, 2.24) is 0 Å². The lowest BCUT2D eigenvalue weighted by atomic mass is 9.76. The Morgan fingerprint density at radius 3 is 1.82 bits per heavy atom. The zero-order valence-electron chi connectivity index (χ0n) is 22.0. The van der Waals surface area contributed by atoms with E-state index in [-0.39, 0.29) is 0 Å². The van der Waals surface area contributed by atoms with Crippen LogP contribution in [-0.4, -0.2) is 23.8 Å². The van der Waals surface area contributed by atoms with Gasteiger partial charge in [0.05, 0.1) is 11.2 Å². The van der Waals surface area contributed by atoms with E-state index < -0.39 is 11.2 Å². The van der Waals surface area contributed by atoms with E-state index in [0.717, 1.165) is 5.46 Å². The lowest BCUT2D eigenvalue weighted by Crippen LogP contribution is -2.49. The third-order valence-electron chi connectivity index (χ3n) is 8.32. The summed E-state index contributed by atoms with van der Waals surface area (Å²) in [7, 11) is 1.91. The zero-order valence-corrected chi connectivity index (χ0v) is 22.8. The quantitative estimate of drug-likeness (QED) is 0.190. The van der Waals surface area contributed by atoms with Crippen LogP contribution < -0.4 is 5.46 Å². The average Bonchev–Trinajstić information content (AvgIpc) is 3.26. The van der Waals surface area contributed by atoms with Crippen LogP contribution in [0.25, 0.3) is 63.3 Å². The Balaban J connectivity index is 1.67. The molecule has 1 N–H and O–H groups in total. The van der Waals surface area contributed by atoms with Crippen molar-refractivity contribution in [1.29, 1.82) is 0 Å². The molecule has 0 fully saturated rings. The predicted molar refractivity (Wildman–Crippen MR) is 166 cm³/mol. The van der Waals surface area contributed by atoms with Gasteiger partial charge in [0.1, 0.15) is 0 Å². The van der Waals surface area contributed by atoms with Crippen molar-refractivity contribution in [3.8, 4) is 0 Å². The second-order valence-electron chi connectivity index (χ2n) is 11.3. The molecule has 4 heteroatoms. The highest BCUT2D eigenvalue weighted by Crippen LogP contribution is 2.42. The second-order valence-corrected chi connectivity index (χ2v) is 12.4. The second kappa shape index (κ2) is 8.28. The molecule has 0 amide bonds. The van der Waals surface area contributed by atoms with E-state index in [1.807, 2.05) is 32.7 Å². The summed E-state index contributed by atoms with van der Waals surface area (Å²) in [4.78, 5) is 0. The molecule has 185 valence electrons. The number of hydrogen-bond donors (Lipinski definition) is 1. The number of rotatable bonds is 4. The summed E-state index contributed by atoms with van der Waals surface area (Å²) in [5, 5.41) is 23.1. The molecule has 0 atom stereocenters. The first-order valence-electron chi connectivity index (χ1n) is 13.1. The summed E-state index contributed by atoms with van der Waals surface area (Å²) in [5.74, 6) is 0. The lowest BCUT2D eigenvalue weighted by Gasteiger charge is -2.37. The molecule has 7 rings (SSSR count). The summed E-state index contributed by atoms with van der Waals surface area (Å²) < 4.78 is 8.99. The molecule has 7 aromatic rings. The van der Waals surface area contributed by atoms with Gasteiger partial charge in [-0.3, -0.25) is 0 Å². The molecule has 1 aromatic heterocycles. The average molecular weight is 511 g/mol. The van der Waals surface area contributed by atoms with Gasteiger partial charge in [0, 0.05) is 14.8 Å². The molecule has 38 heavy (non-hydrogen) atoms. The van der Waals surface area contributed by atoms with Gasteiger partial charge in [0.15, 0.2) is 0 Å². The molecule has 0 aliphatic heterocycles. The van der Waals surface area contributed by atoms with Gasteiger partial charge in [-0.1, -0.05) is 72.8 Å². The monoisotopic (exact) mass is 511 g/mol. The van der Waals surface area contributed by atoms with Crippen molar-refractivity contribution in [2.45, 2.75) is 38.9 Å². The topological polar surface area (TPSA) is 29.5 Å². The molecule has 0 aliphatic carbocycles. The molecular weight excluding hydrogens is 483 g/mol.